The number of benzene rings is 3. The first-order valence-corrected chi connectivity index (χ1v) is 15.9. The summed E-state index contributed by atoms with van der Waals surface area (Å²) in [5.74, 6) is 7.33. The molecule has 0 saturated heterocycles. The topological polar surface area (TPSA) is 78.9 Å². The van der Waals surface area contributed by atoms with Crippen LogP contribution in [0.2, 0.25) is 0 Å². The second-order valence-electron chi connectivity index (χ2n) is 10.2. The van der Waals surface area contributed by atoms with E-state index < -0.39 is 9.84 Å². The van der Waals surface area contributed by atoms with E-state index in [9.17, 15) is 13.2 Å². The van der Waals surface area contributed by atoms with Crippen LogP contribution in [0.3, 0.4) is 0 Å². The molecule has 6 nitrogen and oxygen atoms in total. The smallest absolute Gasteiger partial charge is 0.307 e. The molecule has 1 atom stereocenters. The molecule has 4 rings (SSSR count). The molecule has 0 saturated carbocycles. The molecule has 0 radical (unpaired) electrons. The average Bonchev–Trinajstić information content (AvgIpc) is 3.17. The highest BCUT2D eigenvalue weighted by Crippen LogP contribution is 2.35. The van der Waals surface area contributed by atoms with Gasteiger partial charge in [0, 0.05) is 5.75 Å². The number of hydrogen-bond acceptors (Lipinski definition) is 6. The second-order valence-corrected chi connectivity index (χ2v) is 12.7. The lowest BCUT2D eigenvalue weighted by Crippen LogP contribution is -2.11. The monoisotopic (exact) mass is 574 g/mol. The summed E-state index contributed by atoms with van der Waals surface area (Å²) in [5.41, 5.74) is 7.03. The Morgan fingerprint density at radius 3 is 2.41 bits per heavy atom. The normalized spacial score (nSPS) is 13.0. The molecule has 0 amide bonds. The van der Waals surface area contributed by atoms with Gasteiger partial charge in [0.25, 0.3) is 0 Å². The molecule has 0 aromatic heterocycles. The van der Waals surface area contributed by atoms with Gasteiger partial charge in [0.1, 0.15) is 27.9 Å². The standard InChI is InChI=1S/C34H38O6S/c1-4-8-28(23-34(35)38-3)26-13-15-30(16-14-26)40-24-25-11-12-27-9-6-10-29-22-31(17-18-32(29)33(27)21-25)39-19-7-20-41(36,37)5-2/h11-18,21-22,28H,5-7,9-10,19-20,23-24H2,1-3H3/t28-/m0/s1. The second kappa shape index (κ2) is 14.2. The average molecular weight is 575 g/mol. The van der Waals surface area contributed by atoms with Crippen LogP contribution in [0.4, 0.5) is 0 Å². The predicted octanol–water partition coefficient (Wildman–Crippen LogP) is 6.29. The molecule has 0 spiro atoms. The van der Waals surface area contributed by atoms with Crippen LogP contribution in [0.25, 0.3) is 11.1 Å². The Hall–Kier alpha value is -3.76. The van der Waals surface area contributed by atoms with Crippen LogP contribution >= 0.6 is 0 Å². The van der Waals surface area contributed by atoms with E-state index in [1.807, 2.05) is 30.3 Å². The summed E-state index contributed by atoms with van der Waals surface area (Å²) in [5, 5.41) is 0. The number of esters is 1. The van der Waals surface area contributed by atoms with Crippen LogP contribution < -0.4 is 9.47 Å². The largest absolute Gasteiger partial charge is 0.494 e. The lowest BCUT2D eigenvalue weighted by atomic mass is 9.95. The molecule has 0 fully saturated rings. The Balaban J connectivity index is 1.42. The Morgan fingerprint density at radius 1 is 0.927 bits per heavy atom. The fourth-order valence-corrected chi connectivity index (χ4v) is 5.88. The highest BCUT2D eigenvalue weighted by atomic mass is 32.2. The maximum Gasteiger partial charge on any atom is 0.307 e. The molecular weight excluding hydrogens is 536 g/mol. The number of ether oxygens (including phenoxy) is 3. The number of methoxy groups -OCH3 is 1. The summed E-state index contributed by atoms with van der Waals surface area (Å²) in [6, 6.07) is 20.5. The van der Waals surface area contributed by atoms with E-state index >= 15 is 0 Å². The molecule has 41 heavy (non-hydrogen) atoms. The van der Waals surface area contributed by atoms with Crippen molar-refractivity contribution in [3.8, 4) is 34.5 Å². The van der Waals surface area contributed by atoms with Gasteiger partial charge < -0.3 is 14.2 Å². The van der Waals surface area contributed by atoms with Crippen molar-refractivity contribution in [3.05, 3.63) is 82.9 Å². The van der Waals surface area contributed by atoms with Crippen molar-refractivity contribution >= 4 is 15.8 Å². The number of sulfone groups is 1. The zero-order valence-electron chi connectivity index (χ0n) is 24.1. The van der Waals surface area contributed by atoms with Gasteiger partial charge in [-0.05, 0) is 96.3 Å². The van der Waals surface area contributed by atoms with E-state index in [2.05, 4.69) is 42.2 Å². The molecular formula is C34H38O6S. The fourth-order valence-electron chi connectivity index (χ4n) is 5.03. The summed E-state index contributed by atoms with van der Waals surface area (Å²) in [4.78, 5) is 11.8. The number of carbonyl (C=O) groups excluding carboxylic acids is 1. The van der Waals surface area contributed by atoms with Crippen molar-refractivity contribution in [2.45, 2.75) is 58.5 Å². The fraction of sp³-hybridized carbons (Fsp3) is 0.382. The van der Waals surface area contributed by atoms with E-state index in [-0.39, 0.29) is 29.8 Å². The molecule has 7 heteroatoms. The zero-order valence-corrected chi connectivity index (χ0v) is 24.9. The van der Waals surface area contributed by atoms with Gasteiger partial charge in [-0.25, -0.2) is 8.42 Å². The van der Waals surface area contributed by atoms with Gasteiger partial charge in [-0.1, -0.05) is 43.2 Å². The van der Waals surface area contributed by atoms with E-state index in [0.29, 0.717) is 19.6 Å². The van der Waals surface area contributed by atoms with Gasteiger partial charge in [-0.3, -0.25) is 4.79 Å². The molecule has 0 heterocycles. The number of rotatable bonds is 12. The summed E-state index contributed by atoms with van der Waals surface area (Å²) in [6.07, 6.45) is 3.72. The Labute approximate surface area is 244 Å². The molecule has 0 bridgehead atoms. The third kappa shape index (κ3) is 8.37. The van der Waals surface area contributed by atoms with Gasteiger partial charge >= 0.3 is 5.97 Å². The third-order valence-electron chi connectivity index (χ3n) is 7.35. The van der Waals surface area contributed by atoms with E-state index in [0.717, 1.165) is 41.9 Å². The minimum absolute atomic E-state index is 0.153. The first-order chi connectivity index (χ1) is 19.8. The maximum absolute atomic E-state index is 11.8. The molecule has 3 aromatic carbocycles. The van der Waals surface area contributed by atoms with Crippen molar-refractivity contribution in [3.63, 3.8) is 0 Å². The van der Waals surface area contributed by atoms with Crippen LogP contribution in [0.15, 0.2) is 60.7 Å². The van der Waals surface area contributed by atoms with Gasteiger partial charge in [0.2, 0.25) is 0 Å². The van der Waals surface area contributed by atoms with E-state index in [1.165, 1.54) is 29.4 Å². The number of fused-ring (bicyclic) bond motifs is 3. The molecule has 3 aromatic rings. The molecule has 1 aliphatic rings. The van der Waals surface area contributed by atoms with Crippen LogP contribution in [0.5, 0.6) is 11.5 Å². The lowest BCUT2D eigenvalue weighted by molar-refractivity contribution is -0.140. The minimum atomic E-state index is -2.98. The SMILES string of the molecule is CC#C[C@@H](CC(=O)OC)c1ccc(OCc2ccc3c(c2)-c2ccc(OCCCS(=O)(=O)CC)cc2CCC3)cc1. The van der Waals surface area contributed by atoms with Crippen molar-refractivity contribution in [2.75, 3.05) is 25.2 Å². The van der Waals surface area contributed by atoms with Crippen molar-refractivity contribution in [2.24, 2.45) is 0 Å². The quantitative estimate of drug-likeness (QED) is 0.144. The summed E-state index contributed by atoms with van der Waals surface area (Å²) in [7, 11) is -1.59. The number of carbonyl (C=O) groups is 1. The van der Waals surface area contributed by atoms with Gasteiger partial charge in [0.05, 0.1) is 31.8 Å². The third-order valence-corrected chi connectivity index (χ3v) is 9.14. The van der Waals surface area contributed by atoms with Crippen molar-refractivity contribution < 1.29 is 27.4 Å². The molecule has 0 N–H and O–H groups in total. The minimum Gasteiger partial charge on any atom is -0.494 e. The first-order valence-electron chi connectivity index (χ1n) is 14.1. The summed E-state index contributed by atoms with van der Waals surface area (Å²) < 4.78 is 40.3. The zero-order chi connectivity index (χ0) is 29.2. The molecule has 216 valence electrons. The molecule has 1 aliphatic carbocycles. The van der Waals surface area contributed by atoms with E-state index in [4.69, 9.17) is 14.2 Å². The highest BCUT2D eigenvalue weighted by molar-refractivity contribution is 7.91. The van der Waals surface area contributed by atoms with Crippen LogP contribution in [-0.2, 0) is 38.8 Å². The number of hydrogen-bond donors (Lipinski definition) is 0. The van der Waals surface area contributed by atoms with Crippen LogP contribution in [0, 0.1) is 11.8 Å². The lowest BCUT2D eigenvalue weighted by Gasteiger charge is -2.15. The Bertz CT molecular complexity index is 1510. The summed E-state index contributed by atoms with van der Waals surface area (Å²) in [6.45, 7) is 4.25. The van der Waals surface area contributed by atoms with Crippen LogP contribution in [0.1, 0.15) is 61.3 Å². The Morgan fingerprint density at radius 2 is 1.68 bits per heavy atom. The van der Waals surface area contributed by atoms with E-state index in [1.54, 1.807) is 13.8 Å². The van der Waals surface area contributed by atoms with Gasteiger partial charge in [0.15, 0.2) is 0 Å². The molecule has 0 unspecified atom stereocenters. The van der Waals surface area contributed by atoms with Crippen molar-refractivity contribution in [1.82, 2.24) is 0 Å². The summed E-state index contributed by atoms with van der Waals surface area (Å²) >= 11 is 0. The van der Waals surface area contributed by atoms with Gasteiger partial charge in [-0.2, -0.15) is 0 Å². The number of aryl methyl sites for hydroxylation is 2. The Kier molecular flexibility index (Phi) is 10.5. The first kappa shape index (κ1) is 30.2. The van der Waals surface area contributed by atoms with Crippen LogP contribution in [-0.4, -0.2) is 39.6 Å². The van der Waals surface area contributed by atoms with Crippen molar-refractivity contribution in [1.29, 1.82) is 0 Å². The highest BCUT2D eigenvalue weighted by Gasteiger charge is 2.17. The predicted molar refractivity (Wildman–Crippen MR) is 162 cm³/mol. The van der Waals surface area contributed by atoms with Gasteiger partial charge in [-0.15, -0.1) is 5.92 Å². The maximum atomic E-state index is 11.8. The molecule has 0 aliphatic heterocycles.